The molecule has 1 N–H and O–H groups in total. The molecule has 2 amide bonds. The van der Waals surface area contributed by atoms with Crippen molar-refractivity contribution in [3.8, 4) is 0 Å². The molecule has 0 saturated carbocycles. The second-order valence-corrected chi connectivity index (χ2v) is 10.4. The van der Waals surface area contributed by atoms with Gasteiger partial charge in [-0.15, -0.1) is 10.2 Å². The molecule has 7 nitrogen and oxygen atoms in total. The number of halogens is 2. The maximum atomic E-state index is 12.6. The Hall–Kier alpha value is -2.14. The highest BCUT2D eigenvalue weighted by Crippen LogP contribution is 2.27. The Kier molecular flexibility index (Phi) is 7.67. The molecule has 0 bridgehead atoms. The summed E-state index contributed by atoms with van der Waals surface area (Å²) in [6, 6.07) is 14.9. The first-order valence-electron chi connectivity index (χ1n) is 9.80. The first-order valence-corrected chi connectivity index (χ1v) is 12.8. The van der Waals surface area contributed by atoms with Gasteiger partial charge in [0.05, 0.1) is 11.3 Å². The van der Waals surface area contributed by atoms with Crippen LogP contribution >= 0.6 is 50.6 Å². The van der Waals surface area contributed by atoms with Crippen LogP contribution in [0.15, 0.2) is 57.3 Å². The van der Waals surface area contributed by atoms with Crippen LogP contribution in [0.5, 0.6) is 0 Å². The topological polar surface area (TPSA) is 78.4 Å². The van der Waals surface area contributed by atoms with Gasteiger partial charge in [-0.3, -0.25) is 14.9 Å². The predicted molar refractivity (Wildman–Crippen MR) is 133 cm³/mol. The first kappa shape index (κ1) is 23.0. The van der Waals surface area contributed by atoms with Gasteiger partial charge in [-0.2, -0.15) is 0 Å². The lowest BCUT2D eigenvalue weighted by molar-refractivity contribution is -0.128. The largest absolute Gasteiger partial charge is 0.368 e. The Bertz CT molecular complexity index is 1100. The van der Waals surface area contributed by atoms with Crippen molar-refractivity contribution in [2.45, 2.75) is 4.34 Å². The Morgan fingerprint density at radius 1 is 1.06 bits per heavy atom. The highest BCUT2D eigenvalue weighted by molar-refractivity contribution is 9.10. The number of amides is 2. The van der Waals surface area contributed by atoms with E-state index >= 15 is 0 Å². The molecule has 4 rings (SSSR count). The molecular weight excluding hydrogens is 534 g/mol. The van der Waals surface area contributed by atoms with Crippen LogP contribution in [0, 0.1) is 0 Å². The lowest BCUT2D eigenvalue weighted by atomic mass is 10.2. The van der Waals surface area contributed by atoms with Gasteiger partial charge >= 0.3 is 0 Å². The summed E-state index contributed by atoms with van der Waals surface area (Å²) in [5, 5.41) is 12.0. The third kappa shape index (κ3) is 5.80. The van der Waals surface area contributed by atoms with Gasteiger partial charge in [0.15, 0.2) is 4.34 Å². The fraction of sp³-hybridized carbons (Fsp3) is 0.238. The van der Waals surface area contributed by atoms with E-state index in [4.69, 9.17) is 11.6 Å². The molecule has 11 heteroatoms. The van der Waals surface area contributed by atoms with Gasteiger partial charge in [0.1, 0.15) is 0 Å². The Labute approximate surface area is 207 Å². The van der Waals surface area contributed by atoms with Crippen LogP contribution in [-0.4, -0.2) is 58.8 Å². The molecule has 2 heterocycles. The van der Waals surface area contributed by atoms with Crippen molar-refractivity contribution < 1.29 is 9.59 Å². The van der Waals surface area contributed by atoms with Crippen molar-refractivity contribution in [1.82, 2.24) is 15.1 Å². The van der Waals surface area contributed by atoms with E-state index in [1.807, 2.05) is 35.2 Å². The smallest absolute Gasteiger partial charge is 0.258 e. The molecule has 0 radical (unpaired) electrons. The van der Waals surface area contributed by atoms with Crippen molar-refractivity contribution in [2.75, 3.05) is 42.1 Å². The summed E-state index contributed by atoms with van der Waals surface area (Å²) in [5.41, 5.74) is 1.63. The maximum absolute atomic E-state index is 12.6. The zero-order valence-corrected chi connectivity index (χ0v) is 20.8. The van der Waals surface area contributed by atoms with E-state index in [0.717, 1.165) is 18.8 Å². The normalized spacial score (nSPS) is 13.8. The number of carbonyl (C=O) groups excluding carboxylic acids is 2. The van der Waals surface area contributed by atoms with Gasteiger partial charge in [0.25, 0.3) is 5.91 Å². The van der Waals surface area contributed by atoms with Gasteiger partial charge in [0.2, 0.25) is 11.0 Å². The number of nitrogens with zero attached hydrogens (tertiary/aromatic N) is 4. The second-order valence-electron chi connectivity index (χ2n) is 6.94. The van der Waals surface area contributed by atoms with Crippen molar-refractivity contribution in [3.05, 3.63) is 63.6 Å². The first-order chi connectivity index (χ1) is 15.5. The fourth-order valence-corrected chi connectivity index (χ4v) is 5.45. The summed E-state index contributed by atoms with van der Waals surface area (Å²) in [6.45, 7) is 2.90. The van der Waals surface area contributed by atoms with Crippen LogP contribution in [0.3, 0.4) is 0 Å². The van der Waals surface area contributed by atoms with E-state index in [-0.39, 0.29) is 17.6 Å². The number of hydrogen-bond acceptors (Lipinski definition) is 7. The lowest BCUT2D eigenvalue weighted by Crippen LogP contribution is -2.49. The van der Waals surface area contributed by atoms with Crippen molar-refractivity contribution in [3.63, 3.8) is 0 Å². The summed E-state index contributed by atoms with van der Waals surface area (Å²) in [4.78, 5) is 29.1. The summed E-state index contributed by atoms with van der Waals surface area (Å²) >= 11 is 11.9. The SMILES string of the molecule is O=C(Nc1nnc(SCC(=O)N2CCN(c3ccc(Cl)cc3)CC2)s1)c1ccccc1Br. The molecule has 3 aromatic rings. The van der Waals surface area contributed by atoms with Gasteiger partial charge in [-0.05, 0) is 52.3 Å². The fourth-order valence-electron chi connectivity index (χ4n) is 3.21. The summed E-state index contributed by atoms with van der Waals surface area (Å²) < 4.78 is 1.35. The molecule has 166 valence electrons. The summed E-state index contributed by atoms with van der Waals surface area (Å²) in [6.07, 6.45) is 0. The number of piperazine rings is 1. The molecule has 0 aliphatic carbocycles. The van der Waals surface area contributed by atoms with Crippen molar-refractivity contribution >= 4 is 73.3 Å². The Morgan fingerprint density at radius 2 is 1.78 bits per heavy atom. The summed E-state index contributed by atoms with van der Waals surface area (Å²) in [5.74, 6) is 0.0906. The summed E-state index contributed by atoms with van der Waals surface area (Å²) in [7, 11) is 0. The molecule has 1 fully saturated rings. The Balaban J connectivity index is 1.24. The molecule has 1 aromatic heterocycles. The molecular formula is C21H19BrClN5O2S2. The molecule has 1 saturated heterocycles. The van der Waals surface area contributed by atoms with E-state index in [2.05, 4.69) is 36.3 Å². The van der Waals surface area contributed by atoms with Gasteiger partial charge in [-0.25, -0.2) is 0 Å². The minimum absolute atomic E-state index is 0.0692. The van der Waals surface area contributed by atoms with Gasteiger partial charge in [-0.1, -0.05) is 46.8 Å². The van der Waals surface area contributed by atoms with Crippen LogP contribution in [0.25, 0.3) is 0 Å². The number of rotatable bonds is 6. The highest BCUT2D eigenvalue weighted by atomic mass is 79.9. The van der Waals surface area contributed by atoms with Crippen LogP contribution in [0.4, 0.5) is 10.8 Å². The second kappa shape index (κ2) is 10.7. The van der Waals surface area contributed by atoms with E-state index in [1.165, 1.54) is 23.1 Å². The third-order valence-electron chi connectivity index (χ3n) is 4.89. The number of nitrogens with one attached hydrogen (secondary N) is 1. The minimum atomic E-state index is -0.264. The van der Waals surface area contributed by atoms with Crippen LogP contribution < -0.4 is 10.2 Å². The zero-order valence-electron chi connectivity index (χ0n) is 16.8. The molecule has 0 atom stereocenters. The van der Waals surface area contributed by atoms with Crippen LogP contribution in [0.2, 0.25) is 5.02 Å². The average molecular weight is 553 g/mol. The number of carbonyl (C=O) groups is 2. The monoisotopic (exact) mass is 551 g/mol. The molecule has 0 unspecified atom stereocenters. The standard InChI is InChI=1S/C21H19BrClN5O2S2/c22-17-4-2-1-3-16(17)19(30)24-20-25-26-21(32-20)31-13-18(29)28-11-9-27(10-12-28)15-7-5-14(23)6-8-15/h1-8H,9-13H2,(H,24,25,30). The van der Waals surface area contributed by atoms with E-state index < -0.39 is 0 Å². The molecule has 1 aliphatic rings. The van der Waals surface area contributed by atoms with Crippen molar-refractivity contribution in [1.29, 1.82) is 0 Å². The number of aromatic nitrogens is 2. The molecule has 32 heavy (non-hydrogen) atoms. The number of hydrogen-bond donors (Lipinski definition) is 1. The number of benzene rings is 2. The number of anilines is 2. The lowest BCUT2D eigenvalue weighted by Gasteiger charge is -2.36. The number of thioether (sulfide) groups is 1. The van der Waals surface area contributed by atoms with Crippen LogP contribution in [0.1, 0.15) is 10.4 Å². The van der Waals surface area contributed by atoms with E-state index in [1.54, 1.807) is 18.2 Å². The quantitative estimate of drug-likeness (QED) is 0.354. The molecule has 2 aromatic carbocycles. The van der Waals surface area contributed by atoms with E-state index in [0.29, 0.717) is 37.6 Å². The Morgan fingerprint density at radius 3 is 2.50 bits per heavy atom. The predicted octanol–water partition coefficient (Wildman–Crippen LogP) is 4.65. The molecule has 1 aliphatic heterocycles. The zero-order chi connectivity index (χ0) is 22.5. The van der Waals surface area contributed by atoms with Gasteiger partial charge < -0.3 is 9.80 Å². The third-order valence-corrected chi connectivity index (χ3v) is 7.79. The van der Waals surface area contributed by atoms with E-state index in [9.17, 15) is 9.59 Å². The minimum Gasteiger partial charge on any atom is -0.368 e. The molecule has 0 spiro atoms. The highest BCUT2D eigenvalue weighted by Gasteiger charge is 2.22. The maximum Gasteiger partial charge on any atom is 0.258 e. The van der Waals surface area contributed by atoms with Gasteiger partial charge in [0, 0.05) is 41.4 Å². The van der Waals surface area contributed by atoms with Crippen molar-refractivity contribution in [2.24, 2.45) is 0 Å². The van der Waals surface area contributed by atoms with Crippen LogP contribution in [-0.2, 0) is 4.79 Å². The average Bonchev–Trinajstić information content (AvgIpc) is 3.25.